The normalized spacial score (nSPS) is 18.3. The molecule has 9 heteroatoms. The molecule has 2 aromatic rings. The first-order valence-electron chi connectivity index (χ1n) is 10.4. The van der Waals surface area contributed by atoms with E-state index in [1.165, 1.54) is 5.56 Å². The number of aromatic nitrogens is 3. The Balaban J connectivity index is 1.61. The molecular weight excluding hydrogens is 418 g/mol. The minimum Gasteiger partial charge on any atom is -0.493 e. The SMILES string of the molecule is CC(C)(C)[Si](C)(C)OCC1CN(Cc2nccc3c2CCO3)c2nc(N)nc(Cl)c21. The zero-order chi connectivity index (χ0) is 21.7. The van der Waals surface area contributed by atoms with Crippen molar-refractivity contribution in [3.05, 3.63) is 34.2 Å². The molecule has 30 heavy (non-hydrogen) atoms. The maximum atomic E-state index is 6.53. The fourth-order valence-corrected chi connectivity index (χ4v) is 5.16. The van der Waals surface area contributed by atoms with Crippen LogP contribution in [0.15, 0.2) is 12.3 Å². The van der Waals surface area contributed by atoms with Gasteiger partial charge in [-0.2, -0.15) is 4.98 Å². The van der Waals surface area contributed by atoms with E-state index in [2.05, 4.69) is 53.7 Å². The first kappa shape index (κ1) is 21.3. The molecule has 2 aromatic heterocycles. The van der Waals surface area contributed by atoms with Crippen molar-refractivity contribution in [3.8, 4) is 5.75 Å². The molecule has 2 aliphatic rings. The van der Waals surface area contributed by atoms with Crippen molar-refractivity contribution in [2.45, 2.75) is 57.8 Å². The summed E-state index contributed by atoms with van der Waals surface area (Å²) in [7, 11) is -1.89. The molecule has 2 N–H and O–H groups in total. The number of anilines is 2. The van der Waals surface area contributed by atoms with Crippen molar-refractivity contribution in [1.29, 1.82) is 0 Å². The van der Waals surface area contributed by atoms with Gasteiger partial charge in [-0.3, -0.25) is 4.98 Å². The lowest BCUT2D eigenvalue weighted by atomic mass is 10.1. The van der Waals surface area contributed by atoms with Gasteiger partial charge in [0.25, 0.3) is 0 Å². The maximum absolute atomic E-state index is 6.53. The smallest absolute Gasteiger partial charge is 0.223 e. The Bertz CT molecular complexity index is 963. The quantitative estimate of drug-likeness (QED) is 0.543. The van der Waals surface area contributed by atoms with Gasteiger partial charge in [-0.1, -0.05) is 32.4 Å². The number of hydrogen-bond acceptors (Lipinski definition) is 7. The lowest BCUT2D eigenvalue weighted by molar-refractivity contribution is 0.267. The van der Waals surface area contributed by atoms with E-state index >= 15 is 0 Å². The average Bonchev–Trinajstić information content (AvgIpc) is 3.25. The largest absolute Gasteiger partial charge is 0.493 e. The number of nitrogens with two attached hydrogens (primary N) is 1. The molecule has 1 atom stereocenters. The zero-order valence-electron chi connectivity index (χ0n) is 18.3. The van der Waals surface area contributed by atoms with Gasteiger partial charge in [0.1, 0.15) is 16.7 Å². The number of rotatable bonds is 5. The summed E-state index contributed by atoms with van der Waals surface area (Å²) in [6.45, 7) is 13.9. The third-order valence-corrected chi connectivity index (χ3v) is 11.3. The van der Waals surface area contributed by atoms with Gasteiger partial charge in [-0.15, -0.1) is 0 Å². The van der Waals surface area contributed by atoms with Crippen molar-refractivity contribution < 1.29 is 9.16 Å². The summed E-state index contributed by atoms with van der Waals surface area (Å²) >= 11 is 6.53. The highest BCUT2D eigenvalue weighted by Gasteiger charge is 2.40. The molecule has 0 aliphatic carbocycles. The highest BCUT2D eigenvalue weighted by Crippen LogP contribution is 2.43. The van der Waals surface area contributed by atoms with E-state index in [0.717, 1.165) is 35.8 Å². The fourth-order valence-electron chi connectivity index (χ4n) is 3.78. The predicted molar refractivity (Wildman–Crippen MR) is 122 cm³/mol. The van der Waals surface area contributed by atoms with Crippen LogP contribution in [0.5, 0.6) is 5.75 Å². The number of pyridine rings is 1. The summed E-state index contributed by atoms with van der Waals surface area (Å²) in [5.74, 6) is 1.99. The molecule has 4 rings (SSSR count). The summed E-state index contributed by atoms with van der Waals surface area (Å²) in [6, 6.07) is 1.93. The van der Waals surface area contributed by atoms with Crippen LogP contribution in [0.1, 0.15) is 43.5 Å². The van der Waals surface area contributed by atoms with Crippen molar-refractivity contribution in [2.75, 3.05) is 30.4 Å². The highest BCUT2D eigenvalue weighted by molar-refractivity contribution is 6.74. The predicted octanol–water partition coefficient (Wildman–Crippen LogP) is 4.17. The van der Waals surface area contributed by atoms with E-state index in [1.54, 1.807) is 6.20 Å². The fraction of sp³-hybridized carbons (Fsp3) is 0.571. The molecule has 0 amide bonds. The summed E-state index contributed by atoms with van der Waals surface area (Å²) in [5, 5.41) is 0.558. The zero-order valence-corrected chi connectivity index (χ0v) is 20.1. The molecule has 0 spiro atoms. The second kappa shape index (κ2) is 7.66. The lowest BCUT2D eigenvalue weighted by Crippen LogP contribution is -2.42. The second-order valence-electron chi connectivity index (χ2n) is 9.59. The van der Waals surface area contributed by atoms with Gasteiger partial charge in [0.05, 0.1) is 18.8 Å². The van der Waals surface area contributed by atoms with Gasteiger partial charge in [0, 0.05) is 42.8 Å². The molecule has 162 valence electrons. The van der Waals surface area contributed by atoms with Crippen LogP contribution in [0.25, 0.3) is 0 Å². The molecule has 0 bridgehead atoms. The maximum Gasteiger partial charge on any atom is 0.223 e. The Kier molecular flexibility index (Phi) is 5.44. The Morgan fingerprint density at radius 1 is 1.33 bits per heavy atom. The number of halogens is 1. The van der Waals surface area contributed by atoms with Crippen LogP contribution in [-0.4, -0.2) is 43.0 Å². The molecule has 4 heterocycles. The minimum absolute atomic E-state index is 0.0928. The summed E-state index contributed by atoms with van der Waals surface area (Å²) in [5.41, 5.74) is 9.04. The number of fused-ring (bicyclic) bond motifs is 2. The van der Waals surface area contributed by atoms with E-state index in [9.17, 15) is 0 Å². The first-order chi connectivity index (χ1) is 14.1. The Morgan fingerprint density at radius 2 is 2.10 bits per heavy atom. The third-order valence-electron chi connectivity index (χ3n) is 6.55. The summed E-state index contributed by atoms with van der Waals surface area (Å²) in [6.07, 6.45) is 2.68. The summed E-state index contributed by atoms with van der Waals surface area (Å²) < 4.78 is 12.2. The number of ether oxygens (including phenoxy) is 1. The standard InChI is InChI=1S/C21H30ClN5O2Si/c1-21(2,3)30(4,5)29-12-13-10-27(19-17(13)18(22)25-20(23)26-19)11-15-14-7-9-28-16(14)6-8-24-15/h6,8,13H,7,9-12H2,1-5H3,(H2,23,25,26). The highest BCUT2D eigenvalue weighted by atomic mass is 35.5. The van der Waals surface area contributed by atoms with Crippen LogP contribution in [0.3, 0.4) is 0 Å². The van der Waals surface area contributed by atoms with Gasteiger partial charge in [-0.05, 0) is 24.2 Å². The third kappa shape index (κ3) is 3.88. The molecule has 7 nitrogen and oxygen atoms in total. The topological polar surface area (TPSA) is 86.4 Å². The van der Waals surface area contributed by atoms with E-state index in [-0.39, 0.29) is 16.9 Å². The van der Waals surface area contributed by atoms with Crippen LogP contribution in [0.4, 0.5) is 11.8 Å². The molecule has 0 saturated carbocycles. The van der Waals surface area contributed by atoms with Crippen LogP contribution < -0.4 is 15.4 Å². The molecule has 0 saturated heterocycles. The van der Waals surface area contributed by atoms with Crippen LogP contribution in [-0.2, 0) is 17.4 Å². The van der Waals surface area contributed by atoms with Crippen LogP contribution in [0.2, 0.25) is 23.3 Å². The van der Waals surface area contributed by atoms with Gasteiger partial charge < -0.3 is 19.8 Å². The molecule has 0 radical (unpaired) electrons. The monoisotopic (exact) mass is 447 g/mol. The first-order valence-corrected chi connectivity index (χ1v) is 13.7. The van der Waals surface area contributed by atoms with Crippen molar-refractivity contribution in [3.63, 3.8) is 0 Å². The molecule has 1 unspecified atom stereocenters. The van der Waals surface area contributed by atoms with Gasteiger partial charge in [-0.25, -0.2) is 4.98 Å². The van der Waals surface area contributed by atoms with E-state index in [0.29, 0.717) is 24.9 Å². The van der Waals surface area contributed by atoms with Crippen molar-refractivity contribution in [1.82, 2.24) is 15.0 Å². The van der Waals surface area contributed by atoms with Crippen molar-refractivity contribution in [2.24, 2.45) is 0 Å². The molecular formula is C21H30ClN5O2Si. The second-order valence-corrected chi connectivity index (χ2v) is 14.8. The lowest BCUT2D eigenvalue weighted by Gasteiger charge is -2.37. The van der Waals surface area contributed by atoms with Crippen molar-refractivity contribution >= 4 is 31.7 Å². The number of hydrogen-bond donors (Lipinski definition) is 1. The number of nitrogen functional groups attached to an aromatic ring is 1. The van der Waals surface area contributed by atoms with Crippen LogP contribution in [0, 0.1) is 0 Å². The Labute approximate surface area is 184 Å². The average molecular weight is 448 g/mol. The number of nitrogens with zero attached hydrogens (tertiary/aromatic N) is 4. The van der Waals surface area contributed by atoms with Gasteiger partial charge in [0.2, 0.25) is 5.95 Å². The van der Waals surface area contributed by atoms with E-state index in [1.807, 2.05) is 6.07 Å². The van der Waals surface area contributed by atoms with Crippen LogP contribution >= 0.6 is 11.6 Å². The minimum atomic E-state index is -1.89. The summed E-state index contributed by atoms with van der Waals surface area (Å²) in [4.78, 5) is 15.6. The van der Waals surface area contributed by atoms with E-state index < -0.39 is 8.32 Å². The van der Waals surface area contributed by atoms with Gasteiger partial charge in [0.15, 0.2) is 8.32 Å². The van der Waals surface area contributed by atoms with E-state index in [4.69, 9.17) is 26.5 Å². The van der Waals surface area contributed by atoms with Gasteiger partial charge >= 0.3 is 0 Å². The Morgan fingerprint density at radius 3 is 2.83 bits per heavy atom. The Hall–Kier alpha value is -1.90. The molecule has 2 aliphatic heterocycles. The molecule has 0 fully saturated rings. The molecule has 0 aromatic carbocycles.